The van der Waals surface area contributed by atoms with E-state index in [4.69, 9.17) is 4.98 Å². The summed E-state index contributed by atoms with van der Waals surface area (Å²) >= 11 is 1.56. The Morgan fingerprint density at radius 3 is 2.25 bits per heavy atom. The lowest BCUT2D eigenvalue weighted by Gasteiger charge is -2.35. The first-order valence-corrected chi connectivity index (χ1v) is 12.0. The average molecular weight is 458 g/mol. The summed E-state index contributed by atoms with van der Waals surface area (Å²) in [5, 5.41) is 0.731. The van der Waals surface area contributed by atoms with E-state index in [1.54, 1.807) is 18.8 Å². The van der Waals surface area contributed by atoms with Crippen LogP contribution < -0.4 is 16.1 Å². The zero-order chi connectivity index (χ0) is 23.2. The number of rotatable bonds is 5. The zero-order valence-electron chi connectivity index (χ0n) is 19.6. The highest BCUT2D eigenvalue weighted by atomic mass is 32.2. The Kier molecular flexibility index (Phi) is 6.15. The first kappa shape index (κ1) is 22.6. The molecule has 2 atom stereocenters. The van der Waals surface area contributed by atoms with Gasteiger partial charge in [0.05, 0.1) is 0 Å². The maximum Gasteiger partial charge on any atom is 0.332 e. The fourth-order valence-corrected chi connectivity index (χ4v) is 5.57. The second-order valence-corrected chi connectivity index (χ2v) is 10.1. The Balaban J connectivity index is 1.76. The third-order valence-electron chi connectivity index (χ3n) is 5.99. The summed E-state index contributed by atoms with van der Waals surface area (Å²) in [5.74, 6) is 2.53. The van der Waals surface area contributed by atoms with Crippen LogP contribution in [0.15, 0.2) is 20.8 Å². The molecule has 0 bridgehead atoms. The monoisotopic (exact) mass is 457 g/mol. The van der Waals surface area contributed by atoms with Crippen molar-refractivity contribution in [3.63, 3.8) is 0 Å². The molecule has 10 heteroatoms. The smallest absolute Gasteiger partial charge is 0.332 e. The average Bonchev–Trinajstić information content (AvgIpc) is 3.09. The molecule has 1 saturated heterocycles. The number of anilines is 1. The van der Waals surface area contributed by atoms with Gasteiger partial charge in [-0.2, -0.15) is 4.98 Å². The van der Waals surface area contributed by atoms with Crippen LogP contribution in [-0.4, -0.2) is 47.5 Å². The molecule has 0 unspecified atom stereocenters. The number of aryl methyl sites for hydroxylation is 4. The van der Waals surface area contributed by atoms with Crippen molar-refractivity contribution in [2.45, 2.75) is 45.8 Å². The zero-order valence-corrected chi connectivity index (χ0v) is 20.4. The van der Waals surface area contributed by atoms with Gasteiger partial charge in [-0.25, -0.2) is 14.8 Å². The minimum Gasteiger partial charge on any atom is -0.342 e. The molecule has 0 aliphatic carbocycles. The van der Waals surface area contributed by atoms with Gasteiger partial charge in [-0.3, -0.25) is 13.9 Å². The van der Waals surface area contributed by atoms with Crippen molar-refractivity contribution in [1.29, 1.82) is 0 Å². The molecular weight excluding hydrogens is 426 g/mol. The van der Waals surface area contributed by atoms with E-state index in [1.165, 1.54) is 18.0 Å². The lowest BCUT2D eigenvalue weighted by Crippen LogP contribution is -2.40. The van der Waals surface area contributed by atoms with Gasteiger partial charge >= 0.3 is 5.69 Å². The van der Waals surface area contributed by atoms with Gasteiger partial charge in [-0.05, 0) is 38.2 Å². The van der Waals surface area contributed by atoms with Gasteiger partial charge in [-0.1, -0.05) is 25.6 Å². The van der Waals surface area contributed by atoms with Crippen molar-refractivity contribution >= 4 is 28.9 Å². The highest BCUT2D eigenvalue weighted by molar-refractivity contribution is 7.99. The molecule has 0 radical (unpaired) electrons. The van der Waals surface area contributed by atoms with Gasteiger partial charge in [0.15, 0.2) is 16.3 Å². The van der Waals surface area contributed by atoms with Gasteiger partial charge in [-0.15, -0.1) is 0 Å². The fourth-order valence-electron chi connectivity index (χ4n) is 4.70. The van der Waals surface area contributed by atoms with Gasteiger partial charge in [0.25, 0.3) is 5.56 Å². The Hall–Kier alpha value is -2.62. The Morgan fingerprint density at radius 2 is 1.62 bits per heavy atom. The Labute approximate surface area is 191 Å². The predicted octanol–water partition coefficient (Wildman–Crippen LogP) is 2.12. The standard InChI is InChI=1S/C22H31N7O2S/c1-13-9-14(2)12-28(11-13)21-25-18-17(19(30)27(6)22(31)26(18)5)29(21)7-8-32-20-23-15(3)10-16(4)24-20/h10,13-14H,7-9,11-12H2,1-6H3/t13-,14-/m0/s1. The molecule has 4 rings (SSSR count). The van der Waals surface area contributed by atoms with Crippen LogP contribution in [0.3, 0.4) is 0 Å². The normalized spacial score (nSPS) is 19.1. The maximum atomic E-state index is 13.1. The van der Waals surface area contributed by atoms with E-state index in [2.05, 4.69) is 28.7 Å². The largest absolute Gasteiger partial charge is 0.342 e. The van der Waals surface area contributed by atoms with Crippen molar-refractivity contribution in [3.05, 3.63) is 38.3 Å². The van der Waals surface area contributed by atoms with E-state index in [9.17, 15) is 9.59 Å². The molecule has 0 amide bonds. The summed E-state index contributed by atoms with van der Waals surface area (Å²) in [6.07, 6.45) is 1.18. The highest BCUT2D eigenvalue weighted by Crippen LogP contribution is 2.28. The van der Waals surface area contributed by atoms with Crippen LogP contribution in [0.1, 0.15) is 31.7 Å². The molecule has 0 N–H and O–H groups in total. The minimum atomic E-state index is -0.364. The molecule has 1 fully saturated rings. The third-order valence-corrected chi connectivity index (χ3v) is 6.81. The number of thioether (sulfide) groups is 1. The van der Waals surface area contributed by atoms with E-state index in [0.29, 0.717) is 35.3 Å². The minimum absolute atomic E-state index is 0.312. The summed E-state index contributed by atoms with van der Waals surface area (Å²) in [6, 6.07) is 1.95. The van der Waals surface area contributed by atoms with E-state index in [0.717, 1.165) is 40.1 Å². The van der Waals surface area contributed by atoms with Crippen LogP contribution in [0.2, 0.25) is 0 Å². The van der Waals surface area contributed by atoms with E-state index in [1.807, 2.05) is 24.5 Å². The third kappa shape index (κ3) is 4.20. The molecule has 32 heavy (non-hydrogen) atoms. The summed E-state index contributed by atoms with van der Waals surface area (Å²) in [5.41, 5.74) is 2.11. The van der Waals surface area contributed by atoms with Crippen LogP contribution >= 0.6 is 11.8 Å². The number of aromatic nitrogens is 6. The summed E-state index contributed by atoms with van der Waals surface area (Å²) in [6.45, 7) is 10.8. The van der Waals surface area contributed by atoms with E-state index in [-0.39, 0.29) is 11.2 Å². The van der Waals surface area contributed by atoms with Crippen LogP contribution in [-0.2, 0) is 20.6 Å². The molecule has 1 aliphatic rings. The molecule has 1 aliphatic heterocycles. The molecule has 4 heterocycles. The summed E-state index contributed by atoms with van der Waals surface area (Å²) in [7, 11) is 3.19. The SMILES string of the molecule is Cc1cc(C)nc(SCCn2c(N3C[C@@H](C)C[C@H](C)C3)nc3c2c(=O)n(C)c(=O)n3C)n1. The summed E-state index contributed by atoms with van der Waals surface area (Å²) < 4.78 is 4.61. The molecule has 0 spiro atoms. The number of fused-ring (bicyclic) bond motifs is 1. The van der Waals surface area contributed by atoms with E-state index < -0.39 is 0 Å². The quantitative estimate of drug-likeness (QED) is 0.428. The Morgan fingerprint density at radius 1 is 1.00 bits per heavy atom. The predicted molar refractivity (Wildman–Crippen MR) is 128 cm³/mol. The lowest BCUT2D eigenvalue weighted by atomic mass is 9.92. The van der Waals surface area contributed by atoms with Gasteiger partial charge in [0.2, 0.25) is 5.95 Å². The second kappa shape index (κ2) is 8.73. The first-order chi connectivity index (χ1) is 15.2. The molecule has 3 aromatic heterocycles. The topological polar surface area (TPSA) is 90.8 Å². The van der Waals surface area contributed by atoms with Gasteiger partial charge in [0, 0.05) is 50.9 Å². The molecule has 3 aromatic rings. The van der Waals surface area contributed by atoms with Crippen molar-refractivity contribution in [2.24, 2.45) is 25.9 Å². The highest BCUT2D eigenvalue weighted by Gasteiger charge is 2.28. The molecule has 172 valence electrons. The first-order valence-electron chi connectivity index (χ1n) is 11.0. The van der Waals surface area contributed by atoms with Crippen LogP contribution in [0, 0.1) is 25.7 Å². The number of hydrogen-bond donors (Lipinski definition) is 0. The number of hydrogen-bond acceptors (Lipinski definition) is 7. The number of imidazole rings is 1. The lowest BCUT2D eigenvalue weighted by molar-refractivity contribution is 0.352. The number of nitrogens with zero attached hydrogens (tertiary/aromatic N) is 7. The van der Waals surface area contributed by atoms with Gasteiger partial charge < -0.3 is 9.47 Å². The molecular formula is C22H31N7O2S. The summed E-state index contributed by atoms with van der Waals surface area (Å²) in [4.78, 5) is 41.7. The van der Waals surface area contributed by atoms with Gasteiger partial charge in [0.1, 0.15) is 0 Å². The molecule has 0 saturated carbocycles. The Bertz CT molecular complexity index is 1250. The maximum absolute atomic E-state index is 13.1. The molecule has 0 aromatic carbocycles. The van der Waals surface area contributed by atoms with Crippen LogP contribution in [0.5, 0.6) is 0 Å². The van der Waals surface area contributed by atoms with Crippen molar-refractivity contribution in [2.75, 3.05) is 23.7 Å². The van der Waals surface area contributed by atoms with Crippen molar-refractivity contribution in [3.8, 4) is 0 Å². The van der Waals surface area contributed by atoms with Crippen LogP contribution in [0.4, 0.5) is 5.95 Å². The fraction of sp³-hybridized carbons (Fsp3) is 0.591. The molecule has 9 nitrogen and oxygen atoms in total. The van der Waals surface area contributed by atoms with E-state index >= 15 is 0 Å². The van der Waals surface area contributed by atoms with Crippen LogP contribution in [0.25, 0.3) is 11.2 Å². The number of piperidine rings is 1. The second-order valence-electron chi connectivity index (χ2n) is 9.07. The van der Waals surface area contributed by atoms with Crippen molar-refractivity contribution < 1.29 is 0 Å². The van der Waals surface area contributed by atoms with Crippen molar-refractivity contribution in [1.82, 2.24) is 28.7 Å².